The molecular formula is C17H26IN3O3. The number of aliphatic imine (C=N–C) groups is 1. The predicted octanol–water partition coefficient (Wildman–Crippen LogP) is 2.84. The van der Waals surface area contributed by atoms with E-state index in [-0.39, 0.29) is 24.0 Å². The number of guanidine groups is 1. The number of nitrogens with zero attached hydrogens (tertiary/aromatic N) is 1. The molecule has 1 aliphatic carbocycles. The van der Waals surface area contributed by atoms with Gasteiger partial charge in [0.2, 0.25) is 0 Å². The summed E-state index contributed by atoms with van der Waals surface area (Å²) in [5.74, 6) is 0.506. The number of benzene rings is 1. The average Bonchev–Trinajstić information content (AvgIpc) is 2.60. The van der Waals surface area contributed by atoms with E-state index in [0.29, 0.717) is 29.9 Å². The Morgan fingerprint density at radius 1 is 1.29 bits per heavy atom. The Labute approximate surface area is 160 Å². The third-order valence-electron chi connectivity index (χ3n) is 4.06. The molecule has 134 valence electrons. The standard InChI is InChI=1S/C17H25N3O3.HI/c1-22-15-9-8-12(10-14(15)16(21)23-2)11-19-17(18)20-13-6-4-3-5-7-13;/h8-10,13H,3-7,11H2,1-2H3,(H3,18,19,20);1H. The Hall–Kier alpha value is -1.51. The van der Waals surface area contributed by atoms with E-state index in [0.717, 1.165) is 18.4 Å². The van der Waals surface area contributed by atoms with Crippen molar-refractivity contribution in [2.24, 2.45) is 10.7 Å². The van der Waals surface area contributed by atoms with Crippen molar-refractivity contribution in [2.45, 2.75) is 44.7 Å². The maximum absolute atomic E-state index is 11.8. The molecule has 0 spiro atoms. The normalized spacial score (nSPS) is 15.3. The molecule has 0 heterocycles. The molecule has 6 nitrogen and oxygen atoms in total. The third-order valence-corrected chi connectivity index (χ3v) is 4.06. The number of carbonyl (C=O) groups is 1. The number of esters is 1. The van der Waals surface area contributed by atoms with Crippen LogP contribution in [-0.4, -0.2) is 32.2 Å². The van der Waals surface area contributed by atoms with Gasteiger partial charge in [0.05, 0.1) is 20.8 Å². The van der Waals surface area contributed by atoms with E-state index in [1.807, 2.05) is 6.07 Å². The van der Waals surface area contributed by atoms with Crippen molar-refractivity contribution < 1.29 is 14.3 Å². The molecular weight excluding hydrogens is 421 g/mol. The zero-order chi connectivity index (χ0) is 16.7. The zero-order valence-corrected chi connectivity index (χ0v) is 16.5. The number of carbonyl (C=O) groups excluding carboxylic acids is 1. The van der Waals surface area contributed by atoms with Gasteiger partial charge in [0.25, 0.3) is 0 Å². The minimum atomic E-state index is -0.430. The first kappa shape index (κ1) is 20.5. The summed E-state index contributed by atoms with van der Waals surface area (Å²) in [5, 5.41) is 3.27. The number of nitrogens with two attached hydrogens (primary N) is 1. The number of hydrogen-bond donors (Lipinski definition) is 2. The lowest BCUT2D eigenvalue weighted by Gasteiger charge is -2.23. The fourth-order valence-electron chi connectivity index (χ4n) is 2.80. The van der Waals surface area contributed by atoms with Crippen LogP contribution in [0, 0.1) is 0 Å². The van der Waals surface area contributed by atoms with Gasteiger partial charge in [-0.2, -0.15) is 0 Å². The van der Waals surface area contributed by atoms with Crippen molar-refractivity contribution in [3.8, 4) is 5.75 Å². The maximum Gasteiger partial charge on any atom is 0.341 e. The molecule has 0 aliphatic heterocycles. The van der Waals surface area contributed by atoms with E-state index in [9.17, 15) is 4.79 Å². The van der Waals surface area contributed by atoms with Crippen molar-refractivity contribution in [3.63, 3.8) is 0 Å². The second kappa shape index (κ2) is 10.4. The Kier molecular flexibility index (Phi) is 8.88. The number of rotatable bonds is 5. The molecule has 24 heavy (non-hydrogen) atoms. The SMILES string of the molecule is COC(=O)c1cc(CN=C(N)NC2CCCCC2)ccc1OC.I. The van der Waals surface area contributed by atoms with Crippen LogP contribution in [0.15, 0.2) is 23.2 Å². The van der Waals surface area contributed by atoms with Gasteiger partial charge in [-0.3, -0.25) is 0 Å². The van der Waals surface area contributed by atoms with E-state index < -0.39 is 5.97 Å². The molecule has 0 aromatic heterocycles. The van der Waals surface area contributed by atoms with Crippen molar-refractivity contribution in [2.75, 3.05) is 14.2 Å². The second-order valence-electron chi connectivity index (χ2n) is 5.71. The van der Waals surface area contributed by atoms with Crippen molar-refractivity contribution >= 4 is 35.9 Å². The molecule has 7 heteroatoms. The molecule has 2 rings (SSSR count). The highest BCUT2D eigenvalue weighted by atomic mass is 127. The summed E-state index contributed by atoms with van der Waals surface area (Å²) in [5.41, 5.74) is 7.22. The number of methoxy groups -OCH3 is 2. The van der Waals surface area contributed by atoms with Gasteiger partial charge in [-0.25, -0.2) is 9.79 Å². The van der Waals surface area contributed by atoms with Gasteiger partial charge in [0, 0.05) is 6.04 Å². The molecule has 3 N–H and O–H groups in total. The molecule has 1 aliphatic rings. The average molecular weight is 447 g/mol. The van der Waals surface area contributed by atoms with E-state index in [1.165, 1.54) is 33.5 Å². The highest BCUT2D eigenvalue weighted by molar-refractivity contribution is 14.0. The van der Waals surface area contributed by atoms with Gasteiger partial charge in [-0.15, -0.1) is 24.0 Å². The van der Waals surface area contributed by atoms with Gasteiger partial charge in [0.15, 0.2) is 5.96 Å². The van der Waals surface area contributed by atoms with Gasteiger partial charge in [-0.1, -0.05) is 25.3 Å². The Bertz CT molecular complexity index is 572. The van der Waals surface area contributed by atoms with E-state index in [1.54, 1.807) is 12.1 Å². The van der Waals surface area contributed by atoms with Crippen LogP contribution in [0.2, 0.25) is 0 Å². The van der Waals surface area contributed by atoms with Crippen LogP contribution in [-0.2, 0) is 11.3 Å². The van der Waals surface area contributed by atoms with E-state index >= 15 is 0 Å². The van der Waals surface area contributed by atoms with Gasteiger partial charge < -0.3 is 20.5 Å². The summed E-state index contributed by atoms with van der Waals surface area (Å²) in [6, 6.07) is 5.75. The summed E-state index contributed by atoms with van der Waals surface area (Å²) in [4.78, 5) is 16.1. The van der Waals surface area contributed by atoms with Crippen LogP contribution in [0.1, 0.15) is 48.0 Å². The lowest BCUT2D eigenvalue weighted by molar-refractivity contribution is 0.0597. The van der Waals surface area contributed by atoms with Crippen LogP contribution in [0.4, 0.5) is 0 Å². The molecule has 1 aromatic carbocycles. The maximum atomic E-state index is 11.8. The fourth-order valence-corrected chi connectivity index (χ4v) is 2.80. The monoisotopic (exact) mass is 447 g/mol. The van der Waals surface area contributed by atoms with Crippen LogP contribution >= 0.6 is 24.0 Å². The van der Waals surface area contributed by atoms with E-state index in [4.69, 9.17) is 15.2 Å². The largest absolute Gasteiger partial charge is 0.496 e. The van der Waals surface area contributed by atoms with Crippen molar-refractivity contribution in [1.29, 1.82) is 0 Å². The van der Waals surface area contributed by atoms with Crippen LogP contribution in [0.5, 0.6) is 5.75 Å². The first-order chi connectivity index (χ1) is 11.1. The Morgan fingerprint density at radius 3 is 2.62 bits per heavy atom. The highest BCUT2D eigenvalue weighted by Crippen LogP contribution is 2.21. The summed E-state index contributed by atoms with van der Waals surface area (Å²) >= 11 is 0. The molecule has 0 unspecified atom stereocenters. The summed E-state index contributed by atoms with van der Waals surface area (Å²) in [7, 11) is 2.87. The Morgan fingerprint density at radius 2 is 2.00 bits per heavy atom. The first-order valence-electron chi connectivity index (χ1n) is 7.95. The van der Waals surface area contributed by atoms with Crippen molar-refractivity contribution in [3.05, 3.63) is 29.3 Å². The Balaban J connectivity index is 0.00000288. The van der Waals surface area contributed by atoms with Gasteiger partial charge >= 0.3 is 5.97 Å². The highest BCUT2D eigenvalue weighted by Gasteiger charge is 2.14. The molecule has 1 saturated carbocycles. The lowest BCUT2D eigenvalue weighted by atomic mass is 9.96. The van der Waals surface area contributed by atoms with Gasteiger partial charge in [0.1, 0.15) is 11.3 Å². The second-order valence-corrected chi connectivity index (χ2v) is 5.71. The van der Waals surface area contributed by atoms with Crippen molar-refractivity contribution in [1.82, 2.24) is 5.32 Å². The molecule has 0 amide bonds. The minimum Gasteiger partial charge on any atom is -0.496 e. The summed E-state index contributed by atoms with van der Waals surface area (Å²) < 4.78 is 9.94. The quantitative estimate of drug-likeness (QED) is 0.314. The minimum absolute atomic E-state index is 0. The molecule has 1 fully saturated rings. The molecule has 0 atom stereocenters. The molecule has 0 bridgehead atoms. The van der Waals surface area contributed by atoms with Gasteiger partial charge in [-0.05, 0) is 30.5 Å². The summed E-state index contributed by atoms with van der Waals surface area (Å²) in [6.45, 7) is 0.402. The number of ether oxygens (including phenoxy) is 2. The number of halogens is 1. The topological polar surface area (TPSA) is 85.9 Å². The fraction of sp³-hybridized carbons (Fsp3) is 0.529. The first-order valence-corrected chi connectivity index (χ1v) is 7.95. The predicted molar refractivity (Wildman–Crippen MR) is 105 cm³/mol. The third kappa shape index (κ3) is 5.85. The van der Waals surface area contributed by atoms with Crippen LogP contribution in [0.25, 0.3) is 0 Å². The van der Waals surface area contributed by atoms with Crippen LogP contribution < -0.4 is 15.8 Å². The smallest absolute Gasteiger partial charge is 0.341 e. The zero-order valence-electron chi connectivity index (χ0n) is 14.2. The summed E-state index contributed by atoms with van der Waals surface area (Å²) in [6.07, 6.45) is 6.08. The molecule has 0 radical (unpaired) electrons. The molecule has 1 aromatic rings. The number of hydrogen-bond acceptors (Lipinski definition) is 4. The van der Waals surface area contributed by atoms with Crippen LogP contribution in [0.3, 0.4) is 0 Å². The number of nitrogens with one attached hydrogen (secondary N) is 1. The molecule has 0 saturated heterocycles. The lowest BCUT2D eigenvalue weighted by Crippen LogP contribution is -2.41. The van der Waals surface area contributed by atoms with E-state index in [2.05, 4.69) is 10.3 Å².